The van der Waals surface area contributed by atoms with Crippen molar-refractivity contribution in [3.05, 3.63) is 21.9 Å². The number of hydrogen-bond donors (Lipinski definition) is 1. The largest absolute Gasteiger partial charge is 0.381 e. The van der Waals surface area contributed by atoms with Crippen molar-refractivity contribution in [1.29, 1.82) is 0 Å². The van der Waals surface area contributed by atoms with Crippen LogP contribution in [0.4, 0.5) is 4.79 Å². The normalized spacial score (nSPS) is 17.5. The van der Waals surface area contributed by atoms with Crippen molar-refractivity contribution in [3.8, 4) is 0 Å². The Morgan fingerprint density at radius 1 is 1.41 bits per heavy atom. The summed E-state index contributed by atoms with van der Waals surface area (Å²) in [5, 5.41) is 5.20. The van der Waals surface area contributed by atoms with E-state index in [-0.39, 0.29) is 18.1 Å². The van der Waals surface area contributed by atoms with Crippen molar-refractivity contribution >= 4 is 17.4 Å². The second-order valence-electron chi connectivity index (χ2n) is 6.09. The lowest BCUT2D eigenvalue weighted by molar-refractivity contribution is 0.0524. The van der Waals surface area contributed by atoms with Crippen LogP contribution in [0.25, 0.3) is 0 Å². The molecule has 0 spiro atoms. The molecule has 0 aliphatic carbocycles. The van der Waals surface area contributed by atoms with E-state index in [4.69, 9.17) is 4.74 Å². The minimum atomic E-state index is 0.00737. The summed E-state index contributed by atoms with van der Waals surface area (Å²) < 4.78 is 5.36. The number of carbonyl (C=O) groups is 1. The van der Waals surface area contributed by atoms with Gasteiger partial charge in [-0.2, -0.15) is 0 Å². The number of ether oxygens (including phenoxy) is 1. The van der Waals surface area contributed by atoms with E-state index in [1.54, 1.807) is 11.3 Å². The predicted molar refractivity (Wildman–Crippen MR) is 90.5 cm³/mol. The lowest BCUT2D eigenvalue weighted by Gasteiger charge is -2.32. The third kappa shape index (κ3) is 4.21. The van der Waals surface area contributed by atoms with Crippen LogP contribution in [0, 0.1) is 6.92 Å². The van der Waals surface area contributed by atoms with Crippen molar-refractivity contribution < 1.29 is 9.53 Å². The van der Waals surface area contributed by atoms with Gasteiger partial charge in [0.25, 0.3) is 0 Å². The molecule has 0 aromatic carbocycles. The van der Waals surface area contributed by atoms with Crippen LogP contribution in [-0.2, 0) is 4.74 Å². The monoisotopic (exact) mass is 325 g/mol. The summed E-state index contributed by atoms with van der Waals surface area (Å²) in [7, 11) is 5.99. The van der Waals surface area contributed by atoms with Crippen LogP contribution in [0.15, 0.2) is 11.4 Å². The fraction of sp³-hybridized carbons (Fsp3) is 0.688. The zero-order valence-electron chi connectivity index (χ0n) is 14.0. The molecule has 0 bridgehead atoms. The Morgan fingerprint density at radius 3 is 2.64 bits per heavy atom. The molecular weight excluding hydrogens is 298 g/mol. The number of nitrogens with zero attached hydrogens (tertiary/aromatic N) is 2. The fourth-order valence-corrected chi connectivity index (χ4v) is 3.91. The second kappa shape index (κ2) is 7.94. The Bertz CT molecular complexity index is 483. The Kier molecular flexibility index (Phi) is 6.23. The highest BCUT2D eigenvalue weighted by atomic mass is 32.1. The standard InChI is InChI=1S/C16H27N3O2S/c1-12-7-10-22-15(12)14(18(2)3)11-17-16(20)19(4)13-5-8-21-9-6-13/h7,10,13-14H,5-6,8-9,11H2,1-4H3,(H,17,20)/t14-/m1/s1. The number of rotatable bonds is 5. The van der Waals surface area contributed by atoms with E-state index < -0.39 is 0 Å². The number of amides is 2. The second-order valence-corrected chi connectivity index (χ2v) is 7.04. The minimum absolute atomic E-state index is 0.00737. The van der Waals surface area contributed by atoms with Gasteiger partial charge in [0.05, 0.1) is 6.04 Å². The Hall–Kier alpha value is -1.11. The Morgan fingerprint density at radius 2 is 2.09 bits per heavy atom. The smallest absolute Gasteiger partial charge is 0.317 e. The van der Waals surface area contributed by atoms with Gasteiger partial charge in [-0.3, -0.25) is 0 Å². The molecule has 0 unspecified atom stereocenters. The predicted octanol–water partition coefficient (Wildman–Crippen LogP) is 2.48. The molecule has 124 valence electrons. The van der Waals surface area contributed by atoms with Gasteiger partial charge in [0, 0.05) is 37.7 Å². The van der Waals surface area contributed by atoms with Gasteiger partial charge in [-0.25, -0.2) is 4.79 Å². The van der Waals surface area contributed by atoms with Gasteiger partial charge < -0.3 is 19.9 Å². The molecule has 1 aliphatic heterocycles. The molecule has 6 heteroatoms. The van der Waals surface area contributed by atoms with Crippen LogP contribution in [0.1, 0.15) is 29.3 Å². The highest BCUT2D eigenvalue weighted by molar-refractivity contribution is 7.10. The number of aryl methyl sites for hydroxylation is 1. The van der Waals surface area contributed by atoms with E-state index in [0.29, 0.717) is 6.54 Å². The first-order chi connectivity index (χ1) is 10.5. The van der Waals surface area contributed by atoms with Crippen LogP contribution >= 0.6 is 11.3 Å². The summed E-state index contributed by atoms with van der Waals surface area (Å²) in [5.74, 6) is 0. The third-order valence-electron chi connectivity index (χ3n) is 4.33. The molecule has 0 saturated carbocycles. The third-order valence-corrected chi connectivity index (χ3v) is 5.45. The number of nitrogens with one attached hydrogen (secondary N) is 1. The summed E-state index contributed by atoms with van der Waals surface area (Å²) >= 11 is 1.75. The maximum Gasteiger partial charge on any atom is 0.317 e. The molecule has 1 N–H and O–H groups in total. The highest BCUT2D eigenvalue weighted by Gasteiger charge is 2.24. The molecule has 2 heterocycles. The topological polar surface area (TPSA) is 44.8 Å². The maximum absolute atomic E-state index is 12.4. The van der Waals surface area contributed by atoms with Gasteiger partial charge in [-0.1, -0.05) is 0 Å². The first-order valence-corrected chi connectivity index (χ1v) is 8.67. The van der Waals surface area contributed by atoms with Crippen molar-refractivity contribution in [2.45, 2.75) is 31.8 Å². The van der Waals surface area contributed by atoms with Crippen molar-refractivity contribution in [3.63, 3.8) is 0 Å². The highest BCUT2D eigenvalue weighted by Crippen LogP contribution is 2.26. The van der Waals surface area contributed by atoms with E-state index in [2.05, 4.69) is 42.7 Å². The molecule has 1 aromatic heterocycles. The summed E-state index contributed by atoms with van der Waals surface area (Å²) in [6.45, 7) is 4.24. The molecule has 2 rings (SSSR count). The van der Waals surface area contributed by atoms with Gasteiger partial charge in [0.2, 0.25) is 0 Å². The zero-order valence-corrected chi connectivity index (χ0v) is 14.8. The van der Waals surface area contributed by atoms with Gasteiger partial charge in [0.1, 0.15) is 0 Å². The molecule has 1 aliphatic rings. The summed E-state index contributed by atoms with van der Waals surface area (Å²) in [6.07, 6.45) is 1.84. The van der Waals surface area contributed by atoms with E-state index in [1.807, 2.05) is 11.9 Å². The minimum Gasteiger partial charge on any atom is -0.381 e. The molecule has 2 amide bonds. The maximum atomic E-state index is 12.4. The average molecular weight is 325 g/mol. The van der Waals surface area contributed by atoms with Gasteiger partial charge >= 0.3 is 6.03 Å². The van der Waals surface area contributed by atoms with Crippen LogP contribution in [0.5, 0.6) is 0 Å². The molecule has 5 nitrogen and oxygen atoms in total. The lowest BCUT2D eigenvalue weighted by atomic mass is 10.1. The Labute approximate surface area is 137 Å². The van der Waals surface area contributed by atoms with Gasteiger partial charge in [-0.05, 0) is 50.9 Å². The van der Waals surface area contributed by atoms with Gasteiger partial charge in [0.15, 0.2) is 0 Å². The van der Waals surface area contributed by atoms with E-state index in [9.17, 15) is 4.79 Å². The number of carbonyl (C=O) groups excluding carboxylic acids is 1. The SMILES string of the molecule is Cc1ccsc1[C@@H](CNC(=O)N(C)C1CCOCC1)N(C)C. The Balaban J connectivity index is 1.91. The van der Waals surface area contributed by atoms with Crippen molar-refractivity contribution in [2.75, 3.05) is 40.9 Å². The van der Waals surface area contributed by atoms with Crippen LogP contribution in [-0.4, -0.2) is 62.8 Å². The van der Waals surface area contributed by atoms with Gasteiger partial charge in [-0.15, -0.1) is 11.3 Å². The molecule has 1 fully saturated rings. The molecule has 22 heavy (non-hydrogen) atoms. The summed E-state index contributed by atoms with van der Waals surface area (Å²) in [5.41, 5.74) is 1.29. The average Bonchev–Trinajstić information content (AvgIpc) is 2.93. The number of thiophene rings is 1. The number of likely N-dealkylation sites (N-methyl/N-ethyl adjacent to an activating group) is 1. The fourth-order valence-electron chi connectivity index (χ4n) is 2.78. The first-order valence-electron chi connectivity index (χ1n) is 7.79. The summed E-state index contributed by atoms with van der Waals surface area (Å²) in [4.78, 5) is 17.7. The molecule has 0 radical (unpaired) electrons. The number of hydrogen-bond acceptors (Lipinski definition) is 4. The summed E-state index contributed by atoms with van der Waals surface area (Å²) in [6, 6.07) is 2.64. The van der Waals surface area contributed by atoms with Crippen LogP contribution in [0.2, 0.25) is 0 Å². The van der Waals surface area contributed by atoms with Crippen LogP contribution in [0.3, 0.4) is 0 Å². The lowest BCUT2D eigenvalue weighted by Crippen LogP contribution is -2.47. The molecule has 1 aromatic rings. The van der Waals surface area contributed by atoms with Crippen LogP contribution < -0.4 is 5.32 Å². The zero-order chi connectivity index (χ0) is 16.1. The van der Waals surface area contributed by atoms with Crippen molar-refractivity contribution in [1.82, 2.24) is 15.1 Å². The number of urea groups is 1. The molecule has 1 saturated heterocycles. The van der Waals surface area contributed by atoms with E-state index in [1.165, 1.54) is 10.4 Å². The van der Waals surface area contributed by atoms with E-state index in [0.717, 1.165) is 26.1 Å². The first kappa shape index (κ1) is 17.2. The quantitative estimate of drug-likeness (QED) is 0.904. The van der Waals surface area contributed by atoms with Crippen molar-refractivity contribution in [2.24, 2.45) is 0 Å². The van der Waals surface area contributed by atoms with E-state index >= 15 is 0 Å². The molecule has 1 atom stereocenters. The molecular formula is C16H27N3O2S.